The number of aliphatic hydroxyl groups excluding tert-OH is 1. The van der Waals surface area contributed by atoms with Crippen LogP contribution in [0.25, 0.3) is 0 Å². The van der Waals surface area contributed by atoms with Crippen molar-refractivity contribution in [3.05, 3.63) is 24.3 Å². The lowest BCUT2D eigenvalue weighted by Gasteiger charge is -2.18. The summed E-state index contributed by atoms with van der Waals surface area (Å²) >= 11 is 0. The largest absolute Gasteiger partial charge is 0.462 e. The van der Waals surface area contributed by atoms with Crippen LogP contribution in [0.3, 0.4) is 0 Å². The molecule has 0 aromatic rings. The third-order valence-corrected chi connectivity index (χ3v) is 6.66. The number of rotatable bonds is 31. The highest BCUT2D eigenvalue weighted by Crippen LogP contribution is 2.13. The molecule has 0 aliphatic carbocycles. The fourth-order valence-electron chi connectivity index (χ4n) is 4.31. The van der Waals surface area contributed by atoms with E-state index in [2.05, 4.69) is 36.1 Å². The predicted octanol–water partition coefficient (Wildman–Crippen LogP) is 7.57. The topological polar surface area (TPSA) is 77.5 Å². The highest BCUT2D eigenvalue weighted by atomic mass is 16.7. The second kappa shape index (κ2) is 32.3. The molecule has 236 valence electrons. The summed E-state index contributed by atoms with van der Waals surface area (Å²) in [6, 6.07) is 0. The molecule has 0 bridgehead atoms. The van der Waals surface area contributed by atoms with Crippen LogP contribution in [0.1, 0.15) is 122 Å². The molecule has 1 unspecified atom stereocenters. The van der Waals surface area contributed by atoms with Gasteiger partial charge in [0.1, 0.15) is 19.7 Å². The Morgan fingerprint density at radius 1 is 0.725 bits per heavy atom. The number of nitrogens with zero attached hydrogens (tertiary/aromatic N) is 1. The minimum atomic E-state index is -0.279. The summed E-state index contributed by atoms with van der Waals surface area (Å²) in [5, 5.41) is 8.77. The van der Waals surface area contributed by atoms with E-state index in [1.807, 2.05) is 14.1 Å². The highest BCUT2D eigenvalue weighted by molar-refractivity contribution is 5.69. The van der Waals surface area contributed by atoms with E-state index in [-0.39, 0.29) is 18.9 Å². The average molecular weight is 570 g/mol. The summed E-state index contributed by atoms with van der Waals surface area (Å²) < 4.78 is 21.9. The van der Waals surface area contributed by atoms with Crippen molar-refractivity contribution in [1.82, 2.24) is 4.90 Å². The third-order valence-electron chi connectivity index (χ3n) is 6.66. The first-order valence-electron chi connectivity index (χ1n) is 16.1. The second-order valence-electron chi connectivity index (χ2n) is 10.9. The molecule has 0 aromatic carbocycles. The molecule has 1 N–H and O–H groups in total. The minimum Gasteiger partial charge on any atom is -0.462 e. The van der Waals surface area contributed by atoms with Crippen LogP contribution in [0.15, 0.2) is 24.3 Å². The Hall–Kier alpha value is -1.25. The van der Waals surface area contributed by atoms with Crippen molar-refractivity contribution >= 4 is 5.97 Å². The summed E-state index contributed by atoms with van der Waals surface area (Å²) in [7, 11) is 3.99. The molecule has 0 aromatic heterocycles. The zero-order chi connectivity index (χ0) is 29.4. The van der Waals surface area contributed by atoms with Gasteiger partial charge >= 0.3 is 5.97 Å². The molecule has 0 amide bonds. The normalized spacial score (nSPS) is 12.7. The van der Waals surface area contributed by atoms with Crippen LogP contribution in [0, 0.1) is 0 Å². The molecule has 0 radical (unpaired) electrons. The summed E-state index contributed by atoms with van der Waals surface area (Å²) in [5.74, 6) is -0.146. The van der Waals surface area contributed by atoms with Crippen molar-refractivity contribution in [2.75, 3.05) is 54.0 Å². The maximum atomic E-state index is 12.2. The van der Waals surface area contributed by atoms with Gasteiger partial charge in [-0.3, -0.25) is 4.79 Å². The SMILES string of the molecule is CCCCC/C=C\C/C=C\CCCCCCCCOCOCCCC(CCCOCO)OC(=O)CCCN(C)C. The molecule has 40 heavy (non-hydrogen) atoms. The van der Waals surface area contributed by atoms with Gasteiger partial charge in [0, 0.05) is 26.2 Å². The van der Waals surface area contributed by atoms with E-state index >= 15 is 0 Å². The van der Waals surface area contributed by atoms with E-state index in [1.54, 1.807) is 0 Å². The predicted molar refractivity (Wildman–Crippen MR) is 165 cm³/mol. The number of hydrogen-bond donors (Lipinski definition) is 1. The molecule has 0 aliphatic heterocycles. The number of ether oxygens (including phenoxy) is 4. The molecule has 0 saturated carbocycles. The van der Waals surface area contributed by atoms with Crippen LogP contribution in [-0.2, 0) is 23.7 Å². The molecule has 0 heterocycles. The molecular formula is C33H63NO6. The standard InChI is InChI=1S/C33H63NO6/c1-4-5-6-7-8-9-10-11-12-13-14-15-16-17-18-19-27-38-31-39-29-22-24-32(23-21-28-37-30-35)40-33(36)25-20-26-34(2)3/h8-9,11-12,32,35H,4-7,10,13-31H2,1-3H3/b9-8-,12-11-. The van der Waals surface area contributed by atoms with Crippen LogP contribution in [0.2, 0.25) is 0 Å². The lowest BCUT2D eigenvalue weighted by molar-refractivity contribution is -0.150. The van der Waals surface area contributed by atoms with Crippen molar-refractivity contribution in [3.8, 4) is 0 Å². The number of hydrogen-bond acceptors (Lipinski definition) is 7. The lowest BCUT2D eigenvalue weighted by atomic mass is 10.1. The molecule has 1 atom stereocenters. The first-order chi connectivity index (χ1) is 19.6. The molecule has 7 nitrogen and oxygen atoms in total. The number of allylic oxidation sites excluding steroid dienone is 4. The van der Waals surface area contributed by atoms with Crippen LogP contribution in [0.4, 0.5) is 0 Å². The Morgan fingerprint density at radius 3 is 1.93 bits per heavy atom. The van der Waals surface area contributed by atoms with Gasteiger partial charge in [-0.2, -0.15) is 0 Å². The molecule has 0 rings (SSSR count). The van der Waals surface area contributed by atoms with Gasteiger partial charge in [0.15, 0.2) is 0 Å². The monoisotopic (exact) mass is 569 g/mol. The van der Waals surface area contributed by atoms with E-state index in [1.165, 1.54) is 64.2 Å². The fraction of sp³-hybridized carbons (Fsp3) is 0.848. The van der Waals surface area contributed by atoms with Crippen LogP contribution in [-0.4, -0.2) is 76.1 Å². The van der Waals surface area contributed by atoms with Crippen molar-refractivity contribution in [3.63, 3.8) is 0 Å². The first kappa shape index (κ1) is 38.8. The third kappa shape index (κ3) is 31.3. The first-order valence-corrected chi connectivity index (χ1v) is 16.1. The fourth-order valence-corrected chi connectivity index (χ4v) is 4.31. The van der Waals surface area contributed by atoms with E-state index in [0.29, 0.717) is 26.4 Å². The van der Waals surface area contributed by atoms with Crippen molar-refractivity contribution in [2.45, 2.75) is 129 Å². The summed E-state index contributed by atoms with van der Waals surface area (Å²) in [6.07, 6.45) is 28.3. The molecule has 0 fully saturated rings. The Balaban J connectivity index is 3.63. The van der Waals surface area contributed by atoms with E-state index in [0.717, 1.165) is 58.1 Å². The van der Waals surface area contributed by atoms with Gasteiger partial charge in [0.2, 0.25) is 0 Å². The minimum absolute atomic E-state index is 0.142. The average Bonchev–Trinajstić information content (AvgIpc) is 2.93. The highest BCUT2D eigenvalue weighted by Gasteiger charge is 2.14. The Morgan fingerprint density at radius 2 is 1.30 bits per heavy atom. The van der Waals surface area contributed by atoms with Gasteiger partial charge in [-0.05, 0) is 91.3 Å². The Bertz CT molecular complexity index is 581. The number of carbonyl (C=O) groups is 1. The Kier molecular flexibility index (Phi) is 31.3. The maximum Gasteiger partial charge on any atom is 0.306 e. The quantitative estimate of drug-likeness (QED) is 0.0399. The van der Waals surface area contributed by atoms with Crippen molar-refractivity contribution in [1.29, 1.82) is 0 Å². The van der Waals surface area contributed by atoms with Gasteiger partial charge in [0.25, 0.3) is 0 Å². The zero-order valence-corrected chi connectivity index (χ0v) is 26.3. The molecule has 0 spiro atoms. The van der Waals surface area contributed by atoms with E-state index in [9.17, 15) is 4.79 Å². The molecule has 0 aliphatic rings. The van der Waals surface area contributed by atoms with Gasteiger partial charge in [-0.1, -0.05) is 69.8 Å². The zero-order valence-electron chi connectivity index (χ0n) is 26.3. The smallest absolute Gasteiger partial charge is 0.306 e. The summed E-state index contributed by atoms with van der Waals surface area (Å²) in [6.45, 7) is 4.95. The molecule has 0 saturated heterocycles. The summed E-state index contributed by atoms with van der Waals surface area (Å²) in [5.41, 5.74) is 0. The van der Waals surface area contributed by atoms with Gasteiger partial charge in [0.05, 0.1) is 0 Å². The molecular weight excluding hydrogens is 506 g/mol. The number of carbonyl (C=O) groups excluding carboxylic acids is 1. The number of aliphatic hydroxyl groups is 1. The maximum absolute atomic E-state index is 12.2. The van der Waals surface area contributed by atoms with Gasteiger partial charge < -0.3 is 29.0 Å². The molecule has 7 heteroatoms. The van der Waals surface area contributed by atoms with Crippen LogP contribution in [0.5, 0.6) is 0 Å². The number of unbranched alkanes of at least 4 members (excludes halogenated alkanes) is 9. The van der Waals surface area contributed by atoms with Gasteiger partial charge in [-0.25, -0.2) is 0 Å². The van der Waals surface area contributed by atoms with E-state index in [4.69, 9.17) is 24.1 Å². The van der Waals surface area contributed by atoms with Crippen molar-refractivity contribution in [2.24, 2.45) is 0 Å². The van der Waals surface area contributed by atoms with Gasteiger partial charge in [-0.15, -0.1) is 0 Å². The lowest BCUT2D eigenvalue weighted by Crippen LogP contribution is -2.21. The van der Waals surface area contributed by atoms with Crippen LogP contribution < -0.4 is 0 Å². The summed E-state index contributed by atoms with van der Waals surface area (Å²) in [4.78, 5) is 14.2. The second-order valence-corrected chi connectivity index (χ2v) is 10.9. The number of esters is 1. The van der Waals surface area contributed by atoms with Crippen molar-refractivity contribution < 1.29 is 28.8 Å². The Labute approximate surface area is 246 Å². The van der Waals surface area contributed by atoms with Crippen LogP contribution >= 0.6 is 0 Å². The van der Waals surface area contributed by atoms with E-state index < -0.39 is 0 Å².